The summed E-state index contributed by atoms with van der Waals surface area (Å²) in [5.41, 5.74) is 3.13. The number of nitrogens with zero attached hydrogens (tertiary/aromatic N) is 1. The molecule has 0 spiro atoms. The van der Waals surface area contributed by atoms with Crippen molar-refractivity contribution in [2.24, 2.45) is 5.92 Å². The molecule has 0 saturated heterocycles. The number of hydrogen-bond donors (Lipinski definition) is 1. The maximum Gasteiger partial charge on any atom is 0.0798 e. The Morgan fingerprint density at radius 2 is 2.19 bits per heavy atom. The Kier molecular flexibility index (Phi) is 4.79. The average Bonchev–Trinajstić information content (AvgIpc) is 2.72. The molecule has 0 radical (unpaired) electrons. The van der Waals surface area contributed by atoms with Crippen LogP contribution >= 0.6 is 11.3 Å². The fraction of sp³-hybridized carbons (Fsp3) is 0.769. The Balaban J connectivity index is 1.59. The van der Waals surface area contributed by atoms with Crippen LogP contribution in [-0.4, -0.2) is 11.5 Å². The molecule has 2 nitrogen and oxygen atoms in total. The zero-order valence-electron chi connectivity index (χ0n) is 10.2. The number of aryl methyl sites for hydroxylation is 1. The van der Waals surface area contributed by atoms with E-state index in [2.05, 4.69) is 17.2 Å². The Hall–Kier alpha value is -0.410. The van der Waals surface area contributed by atoms with E-state index in [1.807, 2.05) is 5.51 Å². The molecular weight excluding hydrogens is 216 g/mol. The average molecular weight is 238 g/mol. The molecular formula is C13H22N2S. The highest BCUT2D eigenvalue weighted by Crippen LogP contribution is 2.25. The van der Waals surface area contributed by atoms with Gasteiger partial charge < -0.3 is 5.32 Å². The molecule has 1 saturated carbocycles. The minimum Gasteiger partial charge on any atom is -0.312 e. The summed E-state index contributed by atoms with van der Waals surface area (Å²) in [6.07, 6.45) is 8.65. The van der Waals surface area contributed by atoms with E-state index < -0.39 is 0 Å². The Labute approximate surface area is 102 Å². The van der Waals surface area contributed by atoms with Crippen LogP contribution in [0.25, 0.3) is 0 Å². The first-order valence-corrected chi connectivity index (χ1v) is 7.34. The van der Waals surface area contributed by atoms with Crippen molar-refractivity contribution < 1.29 is 0 Å². The molecule has 0 aromatic carbocycles. The second kappa shape index (κ2) is 6.36. The molecule has 0 aliphatic heterocycles. The normalized spacial score (nSPS) is 17.8. The molecule has 3 heteroatoms. The minimum atomic E-state index is 0.990. The van der Waals surface area contributed by atoms with Crippen molar-refractivity contribution in [3.63, 3.8) is 0 Å². The molecule has 1 aromatic heterocycles. The van der Waals surface area contributed by atoms with Gasteiger partial charge in [0.25, 0.3) is 0 Å². The molecule has 0 bridgehead atoms. The molecule has 0 atom stereocenters. The largest absolute Gasteiger partial charge is 0.312 e. The van der Waals surface area contributed by atoms with E-state index in [9.17, 15) is 0 Å². The van der Waals surface area contributed by atoms with Gasteiger partial charge in [0.15, 0.2) is 0 Å². The second-order valence-corrected chi connectivity index (χ2v) is 5.77. The standard InChI is InChI=1S/C13H22N2S/c1-11-13(16-10-15-11)9-14-8-7-12-5-3-2-4-6-12/h10,12,14H,2-9H2,1H3. The molecule has 1 heterocycles. The van der Waals surface area contributed by atoms with Crippen molar-refractivity contribution in [3.8, 4) is 0 Å². The second-order valence-electron chi connectivity index (χ2n) is 4.83. The lowest BCUT2D eigenvalue weighted by atomic mass is 9.87. The molecule has 1 aliphatic carbocycles. The molecule has 1 aromatic rings. The van der Waals surface area contributed by atoms with Crippen LogP contribution in [0.3, 0.4) is 0 Å². The fourth-order valence-electron chi connectivity index (χ4n) is 2.48. The summed E-state index contributed by atoms with van der Waals surface area (Å²) in [5.74, 6) is 0.990. The zero-order chi connectivity index (χ0) is 11.2. The molecule has 2 rings (SSSR count). The number of rotatable bonds is 5. The zero-order valence-corrected chi connectivity index (χ0v) is 11.0. The number of thiazole rings is 1. The van der Waals surface area contributed by atoms with Crippen LogP contribution in [0.15, 0.2) is 5.51 Å². The van der Waals surface area contributed by atoms with Crippen molar-refractivity contribution in [1.29, 1.82) is 0 Å². The van der Waals surface area contributed by atoms with Crippen LogP contribution in [0.5, 0.6) is 0 Å². The van der Waals surface area contributed by atoms with Gasteiger partial charge >= 0.3 is 0 Å². The van der Waals surface area contributed by atoms with Gasteiger partial charge in [-0.15, -0.1) is 11.3 Å². The van der Waals surface area contributed by atoms with Gasteiger partial charge in [-0.05, 0) is 25.8 Å². The van der Waals surface area contributed by atoms with Crippen LogP contribution < -0.4 is 5.32 Å². The first kappa shape index (κ1) is 12.1. The van der Waals surface area contributed by atoms with Crippen LogP contribution in [0.1, 0.15) is 49.1 Å². The van der Waals surface area contributed by atoms with E-state index in [0.717, 1.165) is 12.5 Å². The lowest BCUT2D eigenvalue weighted by molar-refractivity contribution is 0.334. The van der Waals surface area contributed by atoms with Crippen molar-refractivity contribution in [2.75, 3.05) is 6.54 Å². The summed E-state index contributed by atoms with van der Waals surface area (Å²) in [6, 6.07) is 0. The number of nitrogens with one attached hydrogen (secondary N) is 1. The van der Waals surface area contributed by atoms with Crippen LogP contribution in [0, 0.1) is 12.8 Å². The summed E-state index contributed by atoms with van der Waals surface area (Å²) in [7, 11) is 0. The molecule has 0 amide bonds. The summed E-state index contributed by atoms with van der Waals surface area (Å²) in [4.78, 5) is 5.66. The third kappa shape index (κ3) is 3.56. The highest BCUT2D eigenvalue weighted by molar-refractivity contribution is 7.09. The SMILES string of the molecule is Cc1ncsc1CNCCC1CCCCC1. The van der Waals surface area contributed by atoms with Gasteiger partial charge in [-0.2, -0.15) is 0 Å². The number of hydrogen-bond acceptors (Lipinski definition) is 3. The van der Waals surface area contributed by atoms with Crippen molar-refractivity contribution in [2.45, 2.75) is 52.0 Å². The van der Waals surface area contributed by atoms with Crippen molar-refractivity contribution in [1.82, 2.24) is 10.3 Å². The molecule has 1 fully saturated rings. The van der Waals surface area contributed by atoms with Gasteiger partial charge in [-0.3, -0.25) is 0 Å². The van der Waals surface area contributed by atoms with E-state index in [1.165, 1.54) is 55.6 Å². The topological polar surface area (TPSA) is 24.9 Å². The first-order valence-electron chi connectivity index (χ1n) is 6.46. The third-order valence-corrected chi connectivity index (χ3v) is 4.52. The summed E-state index contributed by atoms with van der Waals surface area (Å²) >= 11 is 1.76. The molecule has 0 unspecified atom stereocenters. The lowest BCUT2D eigenvalue weighted by Gasteiger charge is -2.21. The molecule has 1 N–H and O–H groups in total. The smallest absolute Gasteiger partial charge is 0.0798 e. The minimum absolute atomic E-state index is 0.990. The van der Waals surface area contributed by atoms with Crippen molar-refractivity contribution >= 4 is 11.3 Å². The van der Waals surface area contributed by atoms with E-state index in [0.29, 0.717) is 0 Å². The van der Waals surface area contributed by atoms with Gasteiger partial charge in [-0.25, -0.2) is 4.98 Å². The lowest BCUT2D eigenvalue weighted by Crippen LogP contribution is -2.19. The van der Waals surface area contributed by atoms with Gasteiger partial charge in [0.05, 0.1) is 11.2 Å². The van der Waals surface area contributed by atoms with Gasteiger partial charge in [0, 0.05) is 11.4 Å². The predicted molar refractivity (Wildman–Crippen MR) is 69.7 cm³/mol. The molecule has 16 heavy (non-hydrogen) atoms. The van der Waals surface area contributed by atoms with Gasteiger partial charge in [0.1, 0.15) is 0 Å². The van der Waals surface area contributed by atoms with Crippen molar-refractivity contribution in [3.05, 3.63) is 16.1 Å². The maximum absolute atomic E-state index is 4.26. The Morgan fingerprint density at radius 1 is 1.38 bits per heavy atom. The van der Waals surface area contributed by atoms with Gasteiger partial charge in [0.2, 0.25) is 0 Å². The Bertz CT molecular complexity index is 303. The maximum atomic E-state index is 4.26. The third-order valence-electron chi connectivity index (χ3n) is 3.58. The fourth-order valence-corrected chi connectivity index (χ4v) is 3.23. The van der Waals surface area contributed by atoms with E-state index in [1.54, 1.807) is 11.3 Å². The van der Waals surface area contributed by atoms with Crippen LogP contribution in [0.2, 0.25) is 0 Å². The monoisotopic (exact) mass is 238 g/mol. The molecule has 1 aliphatic rings. The highest BCUT2D eigenvalue weighted by Gasteiger charge is 2.12. The van der Waals surface area contributed by atoms with E-state index >= 15 is 0 Å². The van der Waals surface area contributed by atoms with E-state index in [-0.39, 0.29) is 0 Å². The molecule has 90 valence electrons. The van der Waals surface area contributed by atoms with E-state index in [4.69, 9.17) is 0 Å². The Morgan fingerprint density at radius 3 is 2.88 bits per heavy atom. The number of aromatic nitrogens is 1. The summed E-state index contributed by atoms with van der Waals surface area (Å²) in [5, 5.41) is 3.55. The highest BCUT2D eigenvalue weighted by atomic mass is 32.1. The summed E-state index contributed by atoms with van der Waals surface area (Å²) in [6.45, 7) is 4.26. The first-order chi connectivity index (χ1) is 7.86. The van der Waals surface area contributed by atoms with Gasteiger partial charge in [-0.1, -0.05) is 32.1 Å². The quantitative estimate of drug-likeness (QED) is 0.794. The summed E-state index contributed by atoms with van der Waals surface area (Å²) < 4.78 is 0. The van der Waals surface area contributed by atoms with Crippen LogP contribution in [-0.2, 0) is 6.54 Å². The predicted octanol–water partition coefficient (Wildman–Crippen LogP) is 3.51. The van der Waals surface area contributed by atoms with Crippen LogP contribution in [0.4, 0.5) is 0 Å².